The maximum absolute atomic E-state index is 12.7. The Balaban J connectivity index is 3.23. The number of carbonyl (C=O) groups excluding carboxylic acids is 1. The summed E-state index contributed by atoms with van der Waals surface area (Å²) >= 11 is 0. The molecular formula is C8H4F4O. The van der Waals surface area contributed by atoms with Crippen LogP contribution in [0.4, 0.5) is 17.6 Å². The lowest BCUT2D eigenvalue weighted by Crippen LogP contribution is -2.16. The number of rotatable bonds is 2. The first-order valence-corrected chi connectivity index (χ1v) is 3.27. The largest absolute Gasteiger partial charge is 0.330 e. The summed E-state index contributed by atoms with van der Waals surface area (Å²) in [6, 6.07) is 1.50. The molecular weight excluding hydrogens is 188 g/mol. The van der Waals surface area contributed by atoms with Crippen molar-refractivity contribution in [1.29, 1.82) is 0 Å². The van der Waals surface area contributed by atoms with Crippen LogP contribution in [0.5, 0.6) is 0 Å². The van der Waals surface area contributed by atoms with E-state index in [4.69, 9.17) is 0 Å². The van der Waals surface area contributed by atoms with Gasteiger partial charge in [0.05, 0.1) is 5.56 Å². The van der Waals surface area contributed by atoms with Gasteiger partial charge in [-0.3, -0.25) is 4.79 Å². The van der Waals surface area contributed by atoms with Gasteiger partial charge in [-0.1, -0.05) is 0 Å². The number of hydrogen-bond donors (Lipinski definition) is 0. The van der Waals surface area contributed by atoms with Crippen molar-refractivity contribution in [3.8, 4) is 0 Å². The molecule has 5 heteroatoms. The van der Waals surface area contributed by atoms with E-state index in [0.29, 0.717) is 18.2 Å². The zero-order chi connectivity index (χ0) is 10.1. The molecule has 0 fully saturated rings. The van der Waals surface area contributed by atoms with E-state index in [0.717, 1.165) is 0 Å². The molecule has 0 aromatic heterocycles. The van der Waals surface area contributed by atoms with Crippen LogP contribution in [0.2, 0.25) is 0 Å². The molecule has 0 spiro atoms. The van der Waals surface area contributed by atoms with Gasteiger partial charge < -0.3 is 0 Å². The average molecular weight is 192 g/mol. The Hall–Kier alpha value is -1.39. The molecule has 0 amide bonds. The van der Waals surface area contributed by atoms with Crippen LogP contribution in [0, 0.1) is 11.6 Å². The Morgan fingerprint density at radius 1 is 1.23 bits per heavy atom. The molecule has 70 valence electrons. The Labute approximate surface area is 71.0 Å². The van der Waals surface area contributed by atoms with Gasteiger partial charge in [-0.25, -0.2) is 8.78 Å². The molecule has 1 aromatic rings. The second-order valence-corrected chi connectivity index (χ2v) is 2.36. The van der Waals surface area contributed by atoms with Crippen molar-refractivity contribution >= 4 is 6.29 Å². The standard InChI is InChI=1S/C8H4F4O/c9-5-1-2-6(7(10)3-5)8(11,12)4-13/h1-4H. The van der Waals surface area contributed by atoms with E-state index in [9.17, 15) is 22.4 Å². The highest BCUT2D eigenvalue weighted by Crippen LogP contribution is 2.27. The Morgan fingerprint density at radius 2 is 1.85 bits per heavy atom. The van der Waals surface area contributed by atoms with E-state index >= 15 is 0 Å². The third kappa shape index (κ3) is 1.85. The van der Waals surface area contributed by atoms with Crippen molar-refractivity contribution in [2.24, 2.45) is 0 Å². The number of halogens is 4. The molecule has 0 aliphatic rings. The van der Waals surface area contributed by atoms with Crippen LogP contribution in [0.1, 0.15) is 5.56 Å². The second-order valence-electron chi connectivity index (χ2n) is 2.36. The van der Waals surface area contributed by atoms with E-state index in [1.165, 1.54) is 0 Å². The first kappa shape index (κ1) is 9.70. The zero-order valence-corrected chi connectivity index (χ0v) is 6.23. The molecule has 13 heavy (non-hydrogen) atoms. The van der Waals surface area contributed by atoms with Crippen LogP contribution in [-0.2, 0) is 10.7 Å². The summed E-state index contributed by atoms with van der Waals surface area (Å²) in [5, 5.41) is 0. The van der Waals surface area contributed by atoms with Crippen molar-refractivity contribution in [3.05, 3.63) is 35.4 Å². The van der Waals surface area contributed by atoms with Crippen molar-refractivity contribution in [2.45, 2.75) is 5.92 Å². The number of hydrogen-bond acceptors (Lipinski definition) is 1. The third-order valence-corrected chi connectivity index (χ3v) is 1.44. The van der Waals surface area contributed by atoms with Gasteiger partial charge in [0.15, 0.2) is 6.29 Å². The molecule has 1 nitrogen and oxygen atoms in total. The average Bonchev–Trinajstić information content (AvgIpc) is 2.03. The lowest BCUT2D eigenvalue weighted by Gasteiger charge is -2.09. The molecule has 0 heterocycles. The SMILES string of the molecule is O=CC(F)(F)c1ccc(F)cc1F. The van der Waals surface area contributed by atoms with Gasteiger partial charge in [-0.05, 0) is 12.1 Å². The molecule has 0 N–H and O–H groups in total. The lowest BCUT2D eigenvalue weighted by atomic mass is 10.1. The van der Waals surface area contributed by atoms with Gasteiger partial charge >= 0.3 is 5.92 Å². The Bertz CT molecular complexity index is 335. The number of alkyl halides is 2. The smallest absolute Gasteiger partial charge is 0.296 e. The summed E-state index contributed by atoms with van der Waals surface area (Å²) in [6.45, 7) is 0. The highest BCUT2D eigenvalue weighted by Gasteiger charge is 2.33. The Kier molecular flexibility index (Phi) is 2.36. The molecule has 0 radical (unpaired) electrons. The van der Waals surface area contributed by atoms with Gasteiger partial charge in [-0.15, -0.1) is 0 Å². The molecule has 0 saturated carbocycles. The quantitative estimate of drug-likeness (QED) is 0.518. The molecule has 0 saturated heterocycles. The topological polar surface area (TPSA) is 17.1 Å². The fourth-order valence-electron chi connectivity index (χ4n) is 0.823. The van der Waals surface area contributed by atoms with Crippen LogP contribution in [0.3, 0.4) is 0 Å². The van der Waals surface area contributed by atoms with Crippen LogP contribution in [-0.4, -0.2) is 6.29 Å². The fraction of sp³-hybridized carbons (Fsp3) is 0.125. The van der Waals surface area contributed by atoms with Gasteiger partial charge in [0.1, 0.15) is 11.6 Å². The molecule has 0 atom stereocenters. The second kappa shape index (κ2) is 3.16. The Morgan fingerprint density at radius 3 is 2.31 bits per heavy atom. The fourth-order valence-corrected chi connectivity index (χ4v) is 0.823. The van der Waals surface area contributed by atoms with E-state index in [2.05, 4.69) is 0 Å². The van der Waals surface area contributed by atoms with Crippen LogP contribution in [0.25, 0.3) is 0 Å². The van der Waals surface area contributed by atoms with Crippen LogP contribution >= 0.6 is 0 Å². The predicted octanol–water partition coefficient (Wildman–Crippen LogP) is 2.26. The summed E-state index contributed by atoms with van der Waals surface area (Å²) in [5.74, 6) is -6.31. The molecule has 0 aliphatic heterocycles. The minimum Gasteiger partial charge on any atom is -0.296 e. The molecule has 1 rings (SSSR count). The van der Waals surface area contributed by atoms with Crippen molar-refractivity contribution in [1.82, 2.24) is 0 Å². The van der Waals surface area contributed by atoms with Crippen LogP contribution < -0.4 is 0 Å². The number of benzene rings is 1. The summed E-state index contributed by atoms with van der Waals surface area (Å²) < 4.78 is 50.0. The van der Waals surface area contributed by atoms with Crippen molar-refractivity contribution in [3.63, 3.8) is 0 Å². The normalized spacial score (nSPS) is 11.4. The number of carbonyl (C=O) groups is 1. The number of aldehydes is 1. The first-order valence-electron chi connectivity index (χ1n) is 3.27. The lowest BCUT2D eigenvalue weighted by molar-refractivity contribution is -0.130. The van der Waals surface area contributed by atoms with Crippen molar-refractivity contribution < 1.29 is 22.4 Å². The maximum Gasteiger partial charge on any atom is 0.330 e. The zero-order valence-electron chi connectivity index (χ0n) is 6.23. The van der Waals surface area contributed by atoms with Gasteiger partial charge in [0.25, 0.3) is 0 Å². The highest BCUT2D eigenvalue weighted by molar-refractivity contribution is 5.63. The maximum atomic E-state index is 12.7. The predicted molar refractivity (Wildman–Crippen MR) is 36.3 cm³/mol. The summed E-state index contributed by atoms with van der Waals surface area (Å²) in [5.41, 5.74) is -1.12. The van der Waals surface area contributed by atoms with Gasteiger partial charge in [0, 0.05) is 6.07 Å². The minimum atomic E-state index is -3.90. The summed E-state index contributed by atoms with van der Waals surface area (Å²) in [6.07, 6.45) is -0.691. The highest BCUT2D eigenvalue weighted by atomic mass is 19.3. The third-order valence-electron chi connectivity index (χ3n) is 1.44. The molecule has 0 aliphatic carbocycles. The summed E-state index contributed by atoms with van der Waals surface area (Å²) in [7, 11) is 0. The minimum absolute atomic E-state index is 0.298. The van der Waals surface area contributed by atoms with Gasteiger partial charge in [-0.2, -0.15) is 8.78 Å². The summed E-state index contributed by atoms with van der Waals surface area (Å²) in [4.78, 5) is 9.85. The first-order chi connectivity index (χ1) is 5.97. The molecule has 0 bridgehead atoms. The van der Waals surface area contributed by atoms with Crippen molar-refractivity contribution in [2.75, 3.05) is 0 Å². The van der Waals surface area contributed by atoms with E-state index in [1.807, 2.05) is 0 Å². The van der Waals surface area contributed by atoms with Crippen LogP contribution in [0.15, 0.2) is 18.2 Å². The van der Waals surface area contributed by atoms with Gasteiger partial charge in [0.2, 0.25) is 0 Å². The molecule has 1 aromatic carbocycles. The monoisotopic (exact) mass is 192 g/mol. The van der Waals surface area contributed by atoms with E-state index < -0.39 is 29.4 Å². The van der Waals surface area contributed by atoms with E-state index in [1.54, 1.807) is 0 Å². The molecule has 0 unspecified atom stereocenters. The van der Waals surface area contributed by atoms with E-state index in [-0.39, 0.29) is 0 Å².